The third-order valence-electron chi connectivity index (χ3n) is 5.01. The second kappa shape index (κ2) is 6.98. The lowest BCUT2D eigenvalue weighted by molar-refractivity contribution is -0.140. The molecule has 0 N–H and O–H groups in total. The zero-order chi connectivity index (χ0) is 18.0. The highest BCUT2D eigenvalue weighted by Gasteiger charge is 2.30. The van der Waals surface area contributed by atoms with Crippen molar-refractivity contribution < 1.29 is 4.79 Å². The summed E-state index contributed by atoms with van der Waals surface area (Å²) in [5.41, 5.74) is 3.06. The van der Waals surface area contributed by atoms with Gasteiger partial charge in [0.25, 0.3) is 0 Å². The van der Waals surface area contributed by atoms with Gasteiger partial charge in [-0.1, -0.05) is 26.8 Å². The lowest BCUT2D eigenvalue weighted by atomic mass is 9.87. The van der Waals surface area contributed by atoms with Gasteiger partial charge in [-0.2, -0.15) is 5.10 Å². The van der Waals surface area contributed by atoms with Gasteiger partial charge in [0.2, 0.25) is 5.91 Å². The molecule has 1 amide bonds. The number of aryl methyl sites for hydroxylation is 1. The number of pyridine rings is 1. The topological polar surface area (TPSA) is 51.0 Å². The van der Waals surface area contributed by atoms with Crippen LogP contribution >= 0.6 is 0 Å². The predicted molar refractivity (Wildman–Crippen MR) is 98.9 cm³/mol. The quantitative estimate of drug-likeness (QED) is 0.861. The van der Waals surface area contributed by atoms with Crippen molar-refractivity contribution in [1.82, 2.24) is 19.7 Å². The van der Waals surface area contributed by atoms with E-state index in [1.165, 1.54) is 5.56 Å². The van der Waals surface area contributed by atoms with Crippen LogP contribution in [0.1, 0.15) is 39.2 Å². The van der Waals surface area contributed by atoms with Crippen LogP contribution in [-0.2, 0) is 18.3 Å². The van der Waals surface area contributed by atoms with E-state index in [0.29, 0.717) is 5.92 Å². The second-order valence-corrected chi connectivity index (χ2v) is 8.04. The van der Waals surface area contributed by atoms with Crippen molar-refractivity contribution in [3.63, 3.8) is 0 Å². The first-order valence-electron chi connectivity index (χ1n) is 9.08. The highest BCUT2D eigenvalue weighted by molar-refractivity contribution is 5.81. The Hall–Kier alpha value is -2.17. The SMILES string of the molecule is Cn1nccc1-c1ncccc1CC1CCN(C(=O)C(C)(C)C)CC1. The smallest absolute Gasteiger partial charge is 0.227 e. The number of carbonyl (C=O) groups excluding carboxylic acids is 1. The van der Waals surface area contributed by atoms with Crippen LogP contribution in [0.5, 0.6) is 0 Å². The van der Waals surface area contributed by atoms with Gasteiger partial charge in [0, 0.05) is 37.9 Å². The van der Waals surface area contributed by atoms with Gasteiger partial charge in [0.1, 0.15) is 0 Å². The summed E-state index contributed by atoms with van der Waals surface area (Å²) in [4.78, 5) is 19.1. The number of nitrogens with zero attached hydrogens (tertiary/aromatic N) is 4. The van der Waals surface area contributed by atoms with Gasteiger partial charge in [-0.05, 0) is 42.9 Å². The van der Waals surface area contributed by atoms with E-state index in [4.69, 9.17) is 0 Å². The van der Waals surface area contributed by atoms with Gasteiger partial charge < -0.3 is 4.90 Å². The van der Waals surface area contributed by atoms with E-state index in [0.717, 1.165) is 43.7 Å². The van der Waals surface area contributed by atoms with Crippen LogP contribution in [-0.4, -0.2) is 38.7 Å². The molecule has 1 saturated heterocycles. The maximum absolute atomic E-state index is 12.4. The number of piperidine rings is 1. The fraction of sp³-hybridized carbons (Fsp3) is 0.550. The van der Waals surface area contributed by atoms with Crippen LogP contribution in [0.15, 0.2) is 30.6 Å². The van der Waals surface area contributed by atoms with Gasteiger partial charge in [0.05, 0.1) is 11.4 Å². The molecule has 0 aliphatic carbocycles. The molecule has 0 aromatic carbocycles. The Morgan fingerprint density at radius 3 is 2.52 bits per heavy atom. The zero-order valence-corrected chi connectivity index (χ0v) is 15.7. The minimum atomic E-state index is -0.289. The van der Waals surface area contributed by atoms with Crippen molar-refractivity contribution in [1.29, 1.82) is 0 Å². The zero-order valence-electron chi connectivity index (χ0n) is 15.7. The molecule has 0 radical (unpaired) electrons. The van der Waals surface area contributed by atoms with E-state index in [2.05, 4.69) is 16.1 Å². The van der Waals surface area contributed by atoms with E-state index in [1.54, 1.807) is 0 Å². The molecule has 134 valence electrons. The molecule has 2 aromatic heterocycles. The molecule has 2 aromatic rings. The van der Waals surface area contributed by atoms with Crippen molar-refractivity contribution in [2.24, 2.45) is 18.4 Å². The molecular formula is C20H28N4O. The molecule has 5 heteroatoms. The van der Waals surface area contributed by atoms with E-state index < -0.39 is 0 Å². The van der Waals surface area contributed by atoms with E-state index in [9.17, 15) is 4.79 Å². The summed E-state index contributed by atoms with van der Waals surface area (Å²) in [6, 6.07) is 6.19. The van der Waals surface area contributed by atoms with Crippen molar-refractivity contribution in [3.05, 3.63) is 36.2 Å². The van der Waals surface area contributed by atoms with Crippen LogP contribution in [0.2, 0.25) is 0 Å². The molecule has 1 aliphatic heterocycles. The Labute approximate surface area is 150 Å². The molecule has 5 nitrogen and oxygen atoms in total. The first kappa shape index (κ1) is 17.6. The first-order chi connectivity index (χ1) is 11.9. The highest BCUT2D eigenvalue weighted by Crippen LogP contribution is 2.28. The molecule has 3 heterocycles. The molecule has 3 rings (SSSR count). The molecule has 1 aliphatic rings. The first-order valence-corrected chi connectivity index (χ1v) is 9.08. The Balaban J connectivity index is 1.68. The fourth-order valence-corrected chi connectivity index (χ4v) is 3.57. The molecule has 0 spiro atoms. The summed E-state index contributed by atoms with van der Waals surface area (Å²) in [5, 5.41) is 4.27. The molecule has 0 atom stereocenters. The average Bonchev–Trinajstić information content (AvgIpc) is 3.00. The van der Waals surface area contributed by atoms with Crippen LogP contribution in [0, 0.1) is 11.3 Å². The second-order valence-electron chi connectivity index (χ2n) is 8.04. The lowest BCUT2D eigenvalue weighted by Crippen LogP contribution is -2.44. The maximum atomic E-state index is 12.4. The van der Waals surface area contributed by atoms with Gasteiger partial charge in [-0.15, -0.1) is 0 Å². The van der Waals surface area contributed by atoms with Crippen LogP contribution in [0.25, 0.3) is 11.4 Å². The average molecular weight is 340 g/mol. The van der Waals surface area contributed by atoms with Crippen molar-refractivity contribution in [2.75, 3.05) is 13.1 Å². The number of hydrogen-bond acceptors (Lipinski definition) is 3. The van der Waals surface area contributed by atoms with Crippen LogP contribution < -0.4 is 0 Å². The number of aromatic nitrogens is 3. The van der Waals surface area contributed by atoms with Gasteiger partial charge in [-0.3, -0.25) is 14.5 Å². The fourth-order valence-electron chi connectivity index (χ4n) is 3.57. The van der Waals surface area contributed by atoms with Crippen LogP contribution in [0.3, 0.4) is 0 Å². The summed E-state index contributed by atoms with van der Waals surface area (Å²) >= 11 is 0. The molecule has 0 saturated carbocycles. The summed E-state index contributed by atoms with van der Waals surface area (Å²) < 4.78 is 1.87. The van der Waals surface area contributed by atoms with E-state index in [1.807, 2.05) is 61.9 Å². The highest BCUT2D eigenvalue weighted by atomic mass is 16.2. The molecule has 1 fully saturated rings. The standard InChI is InChI=1S/C20H28N4O/c1-20(2,3)19(25)24-12-8-15(9-13-24)14-16-6-5-10-21-18(16)17-7-11-22-23(17)4/h5-7,10-11,15H,8-9,12-14H2,1-4H3. The summed E-state index contributed by atoms with van der Waals surface area (Å²) in [6.07, 6.45) is 6.77. The maximum Gasteiger partial charge on any atom is 0.227 e. The minimum Gasteiger partial charge on any atom is -0.342 e. The molecule has 0 unspecified atom stereocenters. The number of carbonyl (C=O) groups is 1. The number of hydrogen-bond donors (Lipinski definition) is 0. The monoisotopic (exact) mass is 340 g/mol. The molecular weight excluding hydrogens is 312 g/mol. The van der Waals surface area contributed by atoms with Gasteiger partial charge in [-0.25, -0.2) is 0 Å². The number of amides is 1. The van der Waals surface area contributed by atoms with Gasteiger partial charge in [0.15, 0.2) is 0 Å². The minimum absolute atomic E-state index is 0.267. The van der Waals surface area contributed by atoms with E-state index >= 15 is 0 Å². The number of rotatable bonds is 3. The predicted octanol–water partition coefficient (Wildman–Crippen LogP) is 3.31. The Bertz CT molecular complexity index is 736. The Morgan fingerprint density at radius 2 is 1.92 bits per heavy atom. The van der Waals surface area contributed by atoms with Crippen molar-refractivity contribution in [3.8, 4) is 11.4 Å². The van der Waals surface area contributed by atoms with Crippen molar-refractivity contribution >= 4 is 5.91 Å². The molecule has 25 heavy (non-hydrogen) atoms. The Morgan fingerprint density at radius 1 is 1.20 bits per heavy atom. The van der Waals surface area contributed by atoms with E-state index in [-0.39, 0.29) is 11.3 Å². The summed E-state index contributed by atoms with van der Waals surface area (Å²) in [6.45, 7) is 7.72. The summed E-state index contributed by atoms with van der Waals surface area (Å²) in [5.74, 6) is 0.864. The number of likely N-dealkylation sites (tertiary alicyclic amines) is 1. The third kappa shape index (κ3) is 3.91. The summed E-state index contributed by atoms with van der Waals surface area (Å²) in [7, 11) is 1.95. The van der Waals surface area contributed by atoms with Crippen molar-refractivity contribution in [2.45, 2.75) is 40.0 Å². The lowest BCUT2D eigenvalue weighted by Gasteiger charge is -2.36. The van der Waals surface area contributed by atoms with Gasteiger partial charge >= 0.3 is 0 Å². The third-order valence-corrected chi connectivity index (χ3v) is 5.01. The normalized spacial score (nSPS) is 16.2. The molecule has 0 bridgehead atoms. The Kier molecular flexibility index (Phi) is 4.93. The largest absolute Gasteiger partial charge is 0.342 e. The van der Waals surface area contributed by atoms with Crippen LogP contribution in [0.4, 0.5) is 0 Å².